The van der Waals surface area contributed by atoms with E-state index < -0.39 is 6.10 Å². The highest BCUT2D eigenvalue weighted by atomic mass is 16.3. The predicted molar refractivity (Wildman–Crippen MR) is 55.6 cm³/mol. The first-order chi connectivity index (χ1) is 7.33. The van der Waals surface area contributed by atoms with Gasteiger partial charge in [-0.05, 0) is 12.1 Å². The molecule has 2 aromatic rings. The van der Waals surface area contributed by atoms with Gasteiger partial charge in [0.1, 0.15) is 6.10 Å². The minimum absolute atomic E-state index is 0.293. The first-order valence-corrected chi connectivity index (χ1v) is 4.71. The van der Waals surface area contributed by atoms with Gasteiger partial charge in [0.15, 0.2) is 0 Å². The van der Waals surface area contributed by atoms with E-state index in [-0.39, 0.29) is 6.61 Å². The summed E-state index contributed by atoms with van der Waals surface area (Å²) in [5.41, 5.74) is 1.45. The second-order valence-electron chi connectivity index (χ2n) is 3.21. The number of benzene rings is 1. The molecule has 1 aromatic carbocycles. The van der Waals surface area contributed by atoms with Gasteiger partial charge < -0.3 is 10.2 Å². The summed E-state index contributed by atoms with van der Waals surface area (Å²) < 4.78 is 1.66. The van der Waals surface area contributed by atoms with Gasteiger partial charge in [-0.2, -0.15) is 5.10 Å². The number of aliphatic hydroxyl groups is 2. The summed E-state index contributed by atoms with van der Waals surface area (Å²) in [4.78, 5) is 0. The van der Waals surface area contributed by atoms with E-state index in [9.17, 15) is 5.11 Å². The zero-order valence-electron chi connectivity index (χ0n) is 8.11. The van der Waals surface area contributed by atoms with Gasteiger partial charge in [-0.15, -0.1) is 0 Å². The highest BCUT2D eigenvalue weighted by Gasteiger charge is 2.11. The molecule has 0 aliphatic rings. The Morgan fingerprint density at radius 3 is 2.73 bits per heavy atom. The van der Waals surface area contributed by atoms with Crippen molar-refractivity contribution in [2.24, 2.45) is 0 Å². The molecule has 4 nitrogen and oxygen atoms in total. The summed E-state index contributed by atoms with van der Waals surface area (Å²) in [5.74, 6) is 0. The molecule has 0 amide bonds. The Morgan fingerprint density at radius 2 is 2.07 bits per heavy atom. The third kappa shape index (κ3) is 1.91. The Hall–Kier alpha value is -1.65. The average molecular weight is 204 g/mol. The number of rotatable bonds is 3. The van der Waals surface area contributed by atoms with E-state index in [0.29, 0.717) is 5.56 Å². The molecule has 0 saturated heterocycles. The molecule has 1 aromatic heterocycles. The Bertz CT molecular complexity index is 426. The van der Waals surface area contributed by atoms with Gasteiger partial charge in [-0.1, -0.05) is 18.2 Å². The van der Waals surface area contributed by atoms with Crippen molar-refractivity contribution in [1.29, 1.82) is 0 Å². The van der Waals surface area contributed by atoms with Crippen LogP contribution in [-0.2, 0) is 0 Å². The van der Waals surface area contributed by atoms with Gasteiger partial charge in [0, 0.05) is 18.0 Å². The van der Waals surface area contributed by atoms with Gasteiger partial charge >= 0.3 is 0 Å². The lowest BCUT2D eigenvalue weighted by atomic mass is 10.1. The molecule has 4 heteroatoms. The lowest BCUT2D eigenvalue weighted by Gasteiger charge is -2.12. The standard InChI is InChI=1S/C11H12N2O2/c14-8-11(15)9-4-1-2-5-10(9)13-7-3-6-12-13/h1-7,11,14-15H,8H2. The molecular formula is C11H12N2O2. The van der Waals surface area contributed by atoms with Crippen LogP contribution < -0.4 is 0 Å². The van der Waals surface area contributed by atoms with Crippen LogP contribution in [0, 0.1) is 0 Å². The minimum Gasteiger partial charge on any atom is -0.393 e. The summed E-state index contributed by atoms with van der Waals surface area (Å²) in [6, 6.07) is 9.12. The normalized spacial score (nSPS) is 12.7. The molecule has 0 bridgehead atoms. The van der Waals surface area contributed by atoms with Crippen LogP contribution in [0.2, 0.25) is 0 Å². The van der Waals surface area contributed by atoms with Crippen LogP contribution in [0.1, 0.15) is 11.7 Å². The number of nitrogens with zero attached hydrogens (tertiary/aromatic N) is 2. The van der Waals surface area contributed by atoms with Crippen LogP contribution in [0.3, 0.4) is 0 Å². The van der Waals surface area contributed by atoms with E-state index in [0.717, 1.165) is 5.69 Å². The number of para-hydroxylation sites is 1. The molecule has 0 aliphatic carbocycles. The maximum Gasteiger partial charge on any atom is 0.104 e. The number of hydrogen-bond acceptors (Lipinski definition) is 3. The van der Waals surface area contributed by atoms with Gasteiger partial charge in [-0.3, -0.25) is 0 Å². The van der Waals surface area contributed by atoms with Crippen LogP contribution >= 0.6 is 0 Å². The third-order valence-corrected chi connectivity index (χ3v) is 2.22. The van der Waals surface area contributed by atoms with Crippen LogP contribution in [-0.4, -0.2) is 26.6 Å². The largest absolute Gasteiger partial charge is 0.393 e. The molecule has 15 heavy (non-hydrogen) atoms. The highest BCUT2D eigenvalue weighted by Crippen LogP contribution is 2.20. The quantitative estimate of drug-likeness (QED) is 0.780. The van der Waals surface area contributed by atoms with Crippen molar-refractivity contribution in [1.82, 2.24) is 9.78 Å². The van der Waals surface area contributed by atoms with E-state index in [2.05, 4.69) is 5.10 Å². The van der Waals surface area contributed by atoms with Crippen LogP contribution in [0.25, 0.3) is 5.69 Å². The lowest BCUT2D eigenvalue weighted by Crippen LogP contribution is -2.08. The fourth-order valence-corrected chi connectivity index (χ4v) is 1.49. The van der Waals surface area contributed by atoms with Crippen molar-refractivity contribution < 1.29 is 10.2 Å². The molecule has 0 fully saturated rings. The summed E-state index contributed by atoms with van der Waals surface area (Å²) in [6.07, 6.45) is 2.59. The molecule has 0 spiro atoms. The van der Waals surface area contributed by atoms with Crippen LogP contribution in [0.5, 0.6) is 0 Å². The monoisotopic (exact) mass is 204 g/mol. The molecule has 2 rings (SSSR count). The van der Waals surface area contributed by atoms with Crippen molar-refractivity contribution in [2.45, 2.75) is 6.10 Å². The highest BCUT2D eigenvalue weighted by molar-refractivity contribution is 5.41. The van der Waals surface area contributed by atoms with Crippen molar-refractivity contribution in [2.75, 3.05) is 6.61 Å². The molecule has 1 heterocycles. The zero-order valence-corrected chi connectivity index (χ0v) is 8.11. The second kappa shape index (κ2) is 4.25. The average Bonchev–Trinajstić information content (AvgIpc) is 2.81. The third-order valence-electron chi connectivity index (χ3n) is 2.22. The first-order valence-electron chi connectivity index (χ1n) is 4.71. The number of aromatic nitrogens is 2. The Balaban J connectivity index is 2.47. The predicted octanol–water partition coefficient (Wildman–Crippen LogP) is 0.898. The van der Waals surface area contributed by atoms with Crippen molar-refractivity contribution in [3.8, 4) is 5.69 Å². The number of aliphatic hydroxyl groups excluding tert-OH is 2. The Labute approximate surface area is 87.4 Å². The van der Waals surface area contributed by atoms with Crippen molar-refractivity contribution in [3.05, 3.63) is 48.3 Å². The van der Waals surface area contributed by atoms with Crippen molar-refractivity contribution >= 4 is 0 Å². The molecular weight excluding hydrogens is 192 g/mol. The van der Waals surface area contributed by atoms with Crippen LogP contribution in [0.15, 0.2) is 42.7 Å². The summed E-state index contributed by atoms with van der Waals surface area (Å²) in [6.45, 7) is -0.293. The van der Waals surface area contributed by atoms with E-state index in [4.69, 9.17) is 5.11 Å². The van der Waals surface area contributed by atoms with Gasteiger partial charge in [0.2, 0.25) is 0 Å². The molecule has 1 unspecified atom stereocenters. The van der Waals surface area contributed by atoms with Gasteiger partial charge in [0.25, 0.3) is 0 Å². The summed E-state index contributed by atoms with van der Waals surface area (Å²) in [7, 11) is 0. The maximum atomic E-state index is 9.62. The van der Waals surface area contributed by atoms with E-state index in [1.807, 2.05) is 24.3 Å². The van der Waals surface area contributed by atoms with E-state index >= 15 is 0 Å². The fraction of sp³-hybridized carbons (Fsp3) is 0.182. The summed E-state index contributed by atoms with van der Waals surface area (Å²) in [5, 5.41) is 22.6. The van der Waals surface area contributed by atoms with E-state index in [1.165, 1.54) is 0 Å². The van der Waals surface area contributed by atoms with E-state index in [1.54, 1.807) is 23.1 Å². The molecule has 2 N–H and O–H groups in total. The summed E-state index contributed by atoms with van der Waals surface area (Å²) >= 11 is 0. The lowest BCUT2D eigenvalue weighted by molar-refractivity contribution is 0.0954. The number of hydrogen-bond donors (Lipinski definition) is 2. The first kappa shape index (κ1) is 9.89. The van der Waals surface area contributed by atoms with Crippen LogP contribution in [0.4, 0.5) is 0 Å². The van der Waals surface area contributed by atoms with Gasteiger partial charge in [0.05, 0.1) is 12.3 Å². The molecule has 78 valence electrons. The maximum absolute atomic E-state index is 9.62. The van der Waals surface area contributed by atoms with Crippen molar-refractivity contribution in [3.63, 3.8) is 0 Å². The Morgan fingerprint density at radius 1 is 1.27 bits per heavy atom. The SMILES string of the molecule is OCC(O)c1ccccc1-n1cccn1. The second-order valence-corrected chi connectivity index (χ2v) is 3.21. The molecule has 0 saturated carbocycles. The smallest absolute Gasteiger partial charge is 0.104 e. The topological polar surface area (TPSA) is 58.3 Å². The minimum atomic E-state index is -0.870. The fourth-order valence-electron chi connectivity index (χ4n) is 1.49. The molecule has 0 aliphatic heterocycles. The van der Waals surface area contributed by atoms with Gasteiger partial charge in [-0.25, -0.2) is 4.68 Å². The zero-order chi connectivity index (χ0) is 10.7. The molecule has 1 atom stereocenters. The molecule has 0 radical (unpaired) electrons. The Kier molecular flexibility index (Phi) is 2.80.